The molecule has 0 atom stereocenters. The Morgan fingerprint density at radius 3 is 2.90 bits per heavy atom. The van der Waals surface area contributed by atoms with Crippen molar-refractivity contribution in [2.75, 3.05) is 13.2 Å². The van der Waals surface area contributed by atoms with Gasteiger partial charge in [0.05, 0.1) is 5.56 Å². The molecule has 100 valence electrons. The molecule has 0 unspecified atom stereocenters. The molecule has 3 aromatic rings. The van der Waals surface area contributed by atoms with E-state index in [4.69, 9.17) is 21.1 Å². The van der Waals surface area contributed by atoms with E-state index in [-0.39, 0.29) is 0 Å². The van der Waals surface area contributed by atoms with Gasteiger partial charge in [-0.1, -0.05) is 17.7 Å². The van der Waals surface area contributed by atoms with E-state index in [0.29, 0.717) is 41.3 Å². The Hall–Kier alpha value is -2.34. The highest BCUT2D eigenvalue weighted by molar-refractivity contribution is 6.29. The maximum atomic E-state index is 5.93. The molecular formula is C13H9ClN4O2. The molecule has 0 spiro atoms. The highest BCUT2D eigenvalue weighted by Gasteiger charge is 2.20. The molecule has 1 aliphatic rings. The van der Waals surface area contributed by atoms with Gasteiger partial charge in [-0.15, -0.1) is 10.2 Å². The highest BCUT2D eigenvalue weighted by atomic mass is 35.5. The van der Waals surface area contributed by atoms with Crippen LogP contribution in [0.1, 0.15) is 0 Å². The van der Waals surface area contributed by atoms with Gasteiger partial charge in [0, 0.05) is 0 Å². The van der Waals surface area contributed by atoms with E-state index in [9.17, 15) is 0 Å². The van der Waals surface area contributed by atoms with Crippen LogP contribution in [0.4, 0.5) is 0 Å². The van der Waals surface area contributed by atoms with Crippen LogP contribution in [0.5, 0.6) is 11.5 Å². The Morgan fingerprint density at radius 2 is 1.95 bits per heavy atom. The number of para-hydroxylation sites is 1. The molecule has 0 saturated heterocycles. The monoisotopic (exact) mass is 288 g/mol. The summed E-state index contributed by atoms with van der Waals surface area (Å²) in [5.74, 6) is 1.94. The first-order chi connectivity index (χ1) is 9.83. The fourth-order valence-electron chi connectivity index (χ4n) is 2.18. The Labute approximate surface area is 118 Å². The zero-order valence-electron chi connectivity index (χ0n) is 10.3. The molecule has 7 heteroatoms. The fourth-order valence-corrected chi connectivity index (χ4v) is 2.32. The van der Waals surface area contributed by atoms with Crippen LogP contribution in [0.15, 0.2) is 30.3 Å². The number of nitrogens with zero attached hydrogens (tertiary/aromatic N) is 4. The molecule has 0 amide bonds. The summed E-state index contributed by atoms with van der Waals surface area (Å²) >= 11 is 5.93. The maximum absolute atomic E-state index is 5.93. The quantitative estimate of drug-likeness (QED) is 0.687. The predicted molar refractivity (Wildman–Crippen MR) is 72.2 cm³/mol. The van der Waals surface area contributed by atoms with Gasteiger partial charge in [-0.3, -0.25) is 0 Å². The molecule has 4 rings (SSSR count). The summed E-state index contributed by atoms with van der Waals surface area (Å²) in [6.45, 7) is 1.05. The second-order valence-electron chi connectivity index (χ2n) is 4.28. The summed E-state index contributed by atoms with van der Waals surface area (Å²) in [6, 6.07) is 9.08. The molecule has 2 aromatic heterocycles. The first-order valence-corrected chi connectivity index (χ1v) is 6.48. The lowest BCUT2D eigenvalue weighted by Gasteiger charge is -2.20. The third-order valence-corrected chi connectivity index (χ3v) is 3.24. The van der Waals surface area contributed by atoms with Crippen LogP contribution < -0.4 is 9.47 Å². The number of fused-ring (bicyclic) bond motifs is 2. The molecule has 3 heterocycles. The minimum Gasteiger partial charge on any atom is -0.486 e. The summed E-state index contributed by atoms with van der Waals surface area (Å²) < 4.78 is 12.9. The number of ether oxygens (including phenoxy) is 2. The average molecular weight is 289 g/mol. The van der Waals surface area contributed by atoms with Gasteiger partial charge in [0.25, 0.3) is 0 Å². The van der Waals surface area contributed by atoms with Crippen molar-refractivity contribution < 1.29 is 9.47 Å². The van der Waals surface area contributed by atoms with Crippen LogP contribution >= 0.6 is 11.6 Å². The molecule has 0 bridgehead atoms. The third-order valence-electron chi connectivity index (χ3n) is 3.04. The van der Waals surface area contributed by atoms with Crippen molar-refractivity contribution in [1.82, 2.24) is 19.8 Å². The van der Waals surface area contributed by atoms with Crippen molar-refractivity contribution in [1.29, 1.82) is 0 Å². The van der Waals surface area contributed by atoms with Gasteiger partial charge in [-0.05, 0) is 24.3 Å². The lowest BCUT2D eigenvalue weighted by molar-refractivity contribution is 0.172. The van der Waals surface area contributed by atoms with E-state index < -0.39 is 0 Å². The van der Waals surface area contributed by atoms with E-state index in [2.05, 4.69) is 15.3 Å². The summed E-state index contributed by atoms with van der Waals surface area (Å²) in [5, 5.41) is 12.8. The number of rotatable bonds is 1. The maximum Gasteiger partial charge on any atom is 0.189 e. The van der Waals surface area contributed by atoms with Gasteiger partial charge in [-0.25, -0.2) is 0 Å². The Morgan fingerprint density at radius 1 is 1.05 bits per heavy atom. The van der Waals surface area contributed by atoms with Gasteiger partial charge in [0.1, 0.15) is 18.4 Å². The standard InChI is InChI=1S/C13H9ClN4O2/c14-10-4-5-11-15-16-13(18(11)17-10)8-2-1-3-9-12(8)20-7-6-19-9/h1-5H,6-7H2. The summed E-state index contributed by atoms with van der Waals surface area (Å²) in [5.41, 5.74) is 1.41. The summed E-state index contributed by atoms with van der Waals surface area (Å²) in [6.07, 6.45) is 0. The van der Waals surface area contributed by atoms with Crippen molar-refractivity contribution in [3.63, 3.8) is 0 Å². The number of aromatic nitrogens is 4. The average Bonchev–Trinajstić information content (AvgIpc) is 2.89. The number of hydrogen-bond donors (Lipinski definition) is 0. The van der Waals surface area contributed by atoms with Crippen LogP contribution in [-0.4, -0.2) is 33.0 Å². The van der Waals surface area contributed by atoms with E-state index in [1.165, 1.54) is 0 Å². The fraction of sp³-hybridized carbons (Fsp3) is 0.154. The van der Waals surface area contributed by atoms with Gasteiger partial charge in [-0.2, -0.15) is 9.61 Å². The molecule has 0 saturated carbocycles. The van der Waals surface area contributed by atoms with Crippen LogP contribution in [0.25, 0.3) is 17.0 Å². The topological polar surface area (TPSA) is 61.5 Å². The first kappa shape index (κ1) is 11.5. The highest BCUT2D eigenvalue weighted by Crippen LogP contribution is 2.38. The van der Waals surface area contributed by atoms with E-state index in [1.54, 1.807) is 16.6 Å². The van der Waals surface area contributed by atoms with Crippen molar-refractivity contribution in [3.8, 4) is 22.9 Å². The predicted octanol–water partition coefficient (Wildman–Crippen LogP) is 2.22. The lowest BCUT2D eigenvalue weighted by atomic mass is 10.1. The molecule has 0 radical (unpaired) electrons. The molecular weight excluding hydrogens is 280 g/mol. The minimum absolute atomic E-state index is 0.375. The molecule has 0 aliphatic carbocycles. The molecule has 1 aromatic carbocycles. The second kappa shape index (κ2) is 4.35. The van der Waals surface area contributed by atoms with E-state index in [1.807, 2.05) is 18.2 Å². The smallest absolute Gasteiger partial charge is 0.189 e. The largest absolute Gasteiger partial charge is 0.486 e. The van der Waals surface area contributed by atoms with E-state index in [0.717, 1.165) is 5.56 Å². The summed E-state index contributed by atoms with van der Waals surface area (Å²) in [4.78, 5) is 0. The summed E-state index contributed by atoms with van der Waals surface area (Å²) in [7, 11) is 0. The third kappa shape index (κ3) is 1.69. The van der Waals surface area contributed by atoms with Gasteiger partial charge in [0.2, 0.25) is 0 Å². The Bertz CT molecular complexity index is 802. The van der Waals surface area contributed by atoms with Crippen molar-refractivity contribution >= 4 is 17.2 Å². The molecule has 6 nitrogen and oxygen atoms in total. The van der Waals surface area contributed by atoms with Gasteiger partial charge < -0.3 is 9.47 Å². The SMILES string of the molecule is Clc1ccc2nnc(-c3cccc4c3OCCO4)n2n1. The molecule has 20 heavy (non-hydrogen) atoms. The Balaban J connectivity index is 1.97. The molecule has 1 aliphatic heterocycles. The minimum atomic E-state index is 0.375. The molecule has 0 N–H and O–H groups in total. The van der Waals surface area contributed by atoms with Crippen molar-refractivity contribution in [3.05, 3.63) is 35.5 Å². The van der Waals surface area contributed by atoms with Crippen LogP contribution in [0.2, 0.25) is 5.15 Å². The lowest BCUT2D eigenvalue weighted by Crippen LogP contribution is -2.16. The van der Waals surface area contributed by atoms with Crippen LogP contribution in [0, 0.1) is 0 Å². The normalized spacial score (nSPS) is 13.7. The van der Waals surface area contributed by atoms with Crippen LogP contribution in [-0.2, 0) is 0 Å². The number of benzene rings is 1. The van der Waals surface area contributed by atoms with Crippen molar-refractivity contribution in [2.24, 2.45) is 0 Å². The van der Waals surface area contributed by atoms with Gasteiger partial charge in [0.15, 0.2) is 23.0 Å². The Kier molecular flexibility index (Phi) is 2.50. The zero-order valence-corrected chi connectivity index (χ0v) is 11.0. The zero-order chi connectivity index (χ0) is 13.5. The number of hydrogen-bond acceptors (Lipinski definition) is 5. The number of halogens is 1. The van der Waals surface area contributed by atoms with Crippen molar-refractivity contribution in [2.45, 2.75) is 0 Å². The van der Waals surface area contributed by atoms with E-state index >= 15 is 0 Å². The van der Waals surface area contributed by atoms with Gasteiger partial charge >= 0.3 is 0 Å². The first-order valence-electron chi connectivity index (χ1n) is 6.10. The molecule has 0 fully saturated rings. The van der Waals surface area contributed by atoms with Crippen LogP contribution in [0.3, 0.4) is 0 Å². The second-order valence-corrected chi connectivity index (χ2v) is 4.67.